The van der Waals surface area contributed by atoms with Crippen molar-refractivity contribution in [3.63, 3.8) is 0 Å². The molecule has 0 atom stereocenters. The Bertz CT molecular complexity index is 830. The van der Waals surface area contributed by atoms with Gasteiger partial charge in [0.2, 0.25) is 0 Å². The summed E-state index contributed by atoms with van der Waals surface area (Å²) in [7, 11) is 0. The maximum Gasteiger partial charge on any atom is 0.175 e. The zero-order valence-electron chi connectivity index (χ0n) is 8.99. The summed E-state index contributed by atoms with van der Waals surface area (Å²) in [6.07, 6.45) is 0. The Hall–Kier alpha value is -2.46. The second-order valence-electron chi connectivity index (χ2n) is 4.28. The molecule has 0 saturated heterocycles. The van der Waals surface area contributed by atoms with E-state index in [4.69, 9.17) is 0 Å². The van der Waals surface area contributed by atoms with Crippen LogP contribution in [0.3, 0.4) is 0 Å². The number of rotatable bonds is 0. The first-order chi connectivity index (χ1) is 8.34. The molecule has 0 fully saturated rings. The van der Waals surface area contributed by atoms with Gasteiger partial charge in [0.05, 0.1) is 0 Å². The van der Waals surface area contributed by atoms with Crippen molar-refractivity contribution >= 4 is 32.3 Å². The Morgan fingerprint density at radius 1 is 0.765 bits per heavy atom. The Morgan fingerprint density at radius 3 is 2.35 bits per heavy atom. The number of hydrogen-bond acceptors (Lipinski definition) is 1. The lowest BCUT2D eigenvalue weighted by Crippen LogP contribution is -1.82. The highest BCUT2D eigenvalue weighted by molar-refractivity contribution is 6.23. The third-order valence-corrected chi connectivity index (χ3v) is 3.35. The largest absolute Gasteiger partial charge is 0.500 e. The molecule has 0 aliphatic carbocycles. The Balaban J connectivity index is 2.48. The van der Waals surface area contributed by atoms with Crippen molar-refractivity contribution in [1.29, 1.82) is 0 Å². The second-order valence-corrected chi connectivity index (χ2v) is 4.28. The molecule has 0 aliphatic rings. The molecule has 1 nitrogen and oxygen atoms in total. The minimum atomic E-state index is 0.177. The Morgan fingerprint density at radius 2 is 1.53 bits per heavy atom. The molecule has 0 unspecified atom stereocenters. The van der Waals surface area contributed by atoms with Gasteiger partial charge in [-0.05, 0) is 34.4 Å². The third-order valence-electron chi connectivity index (χ3n) is 3.35. The quantitative estimate of drug-likeness (QED) is 0.472. The predicted octanol–water partition coefficient (Wildman–Crippen LogP) is 3.89. The minimum absolute atomic E-state index is 0.177. The summed E-state index contributed by atoms with van der Waals surface area (Å²) in [5.41, 5.74) is 0. The van der Waals surface area contributed by atoms with Crippen LogP contribution in [0.25, 0.3) is 32.3 Å². The summed E-state index contributed by atoms with van der Waals surface area (Å²) < 4.78 is 0. The predicted molar refractivity (Wildman–Crippen MR) is 69.5 cm³/mol. The van der Waals surface area contributed by atoms with E-state index in [1.54, 1.807) is 0 Å². The van der Waals surface area contributed by atoms with Crippen molar-refractivity contribution in [2.45, 2.75) is 0 Å². The molecule has 0 bridgehead atoms. The molecule has 0 heterocycles. The smallest absolute Gasteiger partial charge is 0.175 e. The van der Waals surface area contributed by atoms with E-state index in [1.165, 1.54) is 16.2 Å². The highest BCUT2D eigenvalue weighted by Gasteiger charge is 2.09. The third kappa shape index (κ3) is 0.996. The van der Waals surface area contributed by atoms with E-state index in [1.807, 2.05) is 18.2 Å². The van der Waals surface area contributed by atoms with Crippen LogP contribution in [0.1, 0.15) is 0 Å². The monoisotopic (exact) mass is 216 g/mol. The van der Waals surface area contributed by atoms with E-state index in [2.05, 4.69) is 36.4 Å². The standard InChI is InChI=1S/C16H8O/c17-14-9-7-12-5-4-10-2-1-3-11-6-8-13(14)16(12)15(10)11/h1-6,8,17H. The van der Waals surface area contributed by atoms with E-state index in [9.17, 15) is 5.11 Å². The first kappa shape index (κ1) is 8.66. The van der Waals surface area contributed by atoms with E-state index < -0.39 is 0 Å². The van der Waals surface area contributed by atoms with Crippen LogP contribution in [0.4, 0.5) is 0 Å². The van der Waals surface area contributed by atoms with Gasteiger partial charge in [-0.2, -0.15) is 0 Å². The van der Waals surface area contributed by atoms with Crippen LogP contribution >= 0.6 is 0 Å². The van der Waals surface area contributed by atoms with Gasteiger partial charge in [-0.1, -0.05) is 36.4 Å². The molecular weight excluding hydrogens is 208 g/mol. The van der Waals surface area contributed by atoms with Crippen molar-refractivity contribution in [3.05, 3.63) is 54.6 Å². The molecule has 1 heteroatoms. The van der Waals surface area contributed by atoms with Gasteiger partial charge in [0.15, 0.2) is 5.75 Å². The summed E-state index contributed by atoms with van der Waals surface area (Å²) >= 11 is 0. The highest BCUT2D eigenvalue weighted by Crippen LogP contribution is 2.36. The van der Waals surface area contributed by atoms with Gasteiger partial charge in [-0.25, -0.2) is 0 Å². The lowest BCUT2D eigenvalue weighted by molar-refractivity contribution is 0.482. The fourth-order valence-electron chi connectivity index (χ4n) is 2.58. The topological polar surface area (TPSA) is 20.2 Å². The molecule has 4 rings (SSSR count). The number of benzene rings is 3. The average molecular weight is 216 g/mol. The fraction of sp³-hybridized carbons (Fsp3) is 0. The summed E-state index contributed by atoms with van der Waals surface area (Å²) in [4.78, 5) is 0. The summed E-state index contributed by atoms with van der Waals surface area (Å²) in [6, 6.07) is 20.1. The molecule has 0 amide bonds. The SMILES string of the molecule is Oc1c#cc2ccc3cccc4ccc1c2c34. The number of hydrogen-bond donors (Lipinski definition) is 1. The maximum absolute atomic E-state index is 9.86. The zero-order valence-corrected chi connectivity index (χ0v) is 8.99. The lowest BCUT2D eigenvalue weighted by atomic mass is 9.95. The molecule has 4 aromatic carbocycles. The van der Waals surface area contributed by atoms with Gasteiger partial charge in [0, 0.05) is 16.2 Å². The van der Waals surface area contributed by atoms with E-state index in [0.717, 1.165) is 16.2 Å². The molecule has 0 aliphatic heterocycles. The van der Waals surface area contributed by atoms with Crippen LogP contribution in [-0.2, 0) is 0 Å². The van der Waals surface area contributed by atoms with E-state index in [0.29, 0.717) is 0 Å². The number of aromatic hydroxyl groups is 1. The van der Waals surface area contributed by atoms with Crippen LogP contribution in [0.15, 0.2) is 42.5 Å². The van der Waals surface area contributed by atoms with Gasteiger partial charge in [-0.15, -0.1) is 0 Å². The Kier molecular flexibility index (Phi) is 1.43. The molecule has 0 aromatic heterocycles. The fourth-order valence-corrected chi connectivity index (χ4v) is 2.58. The van der Waals surface area contributed by atoms with Gasteiger partial charge in [0.25, 0.3) is 0 Å². The first-order valence-electron chi connectivity index (χ1n) is 5.54. The van der Waals surface area contributed by atoms with E-state index in [-0.39, 0.29) is 5.75 Å². The molecule has 4 aromatic rings. The Labute approximate surface area is 98.2 Å². The van der Waals surface area contributed by atoms with Crippen molar-refractivity contribution in [2.75, 3.05) is 0 Å². The average Bonchev–Trinajstić information content (AvgIpc) is 2.38. The molecule has 78 valence electrons. The van der Waals surface area contributed by atoms with Crippen molar-refractivity contribution in [3.8, 4) is 5.75 Å². The molecule has 0 radical (unpaired) electrons. The molecule has 0 spiro atoms. The zero-order chi connectivity index (χ0) is 11.4. The minimum Gasteiger partial charge on any atom is -0.500 e. The van der Waals surface area contributed by atoms with Gasteiger partial charge >= 0.3 is 0 Å². The summed E-state index contributed by atoms with van der Waals surface area (Å²) in [5.74, 6) is 0.177. The van der Waals surface area contributed by atoms with Crippen molar-refractivity contribution < 1.29 is 5.11 Å². The molecule has 1 N–H and O–H groups in total. The second kappa shape index (κ2) is 2.81. The van der Waals surface area contributed by atoms with Crippen LogP contribution < -0.4 is 0 Å². The molecule has 17 heavy (non-hydrogen) atoms. The summed E-state index contributed by atoms with van der Waals surface area (Å²) in [5, 5.41) is 16.4. The van der Waals surface area contributed by atoms with Crippen LogP contribution in [-0.4, -0.2) is 5.11 Å². The normalized spacial score (nSPS) is 11.3. The molecule has 0 saturated carbocycles. The van der Waals surface area contributed by atoms with Crippen molar-refractivity contribution in [2.24, 2.45) is 0 Å². The van der Waals surface area contributed by atoms with Crippen LogP contribution in [0.2, 0.25) is 0 Å². The lowest BCUT2D eigenvalue weighted by Gasteiger charge is -2.08. The van der Waals surface area contributed by atoms with Crippen molar-refractivity contribution in [1.82, 2.24) is 0 Å². The summed E-state index contributed by atoms with van der Waals surface area (Å²) in [6.45, 7) is 0. The highest BCUT2D eigenvalue weighted by atomic mass is 16.3. The van der Waals surface area contributed by atoms with Gasteiger partial charge in [-0.3, -0.25) is 0 Å². The first-order valence-corrected chi connectivity index (χ1v) is 5.54. The van der Waals surface area contributed by atoms with E-state index >= 15 is 0 Å². The van der Waals surface area contributed by atoms with Crippen LogP contribution in [0, 0.1) is 12.1 Å². The van der Waals surface area contributed by atoms with Gasteiger partial charge in [0.1, 0.15) is 0 Å². The molecular formula is C16H8O. The maximum atomic E-state index is 9.86. The van der Waals surface area contributed by atoms with Gasteiger partial charge < -0.3 is 5.11 Å². The van der Waals surface area contributed by atoms with Crippen LogP contribution in [0.5, 0.6) is 5.75 Å².